The van der Waals surface area contributed by atoms with Gasteiger partial charge in [-0.2, -0.15) is 0 Å². The number of rotatable bonds is 4. The minimum atomic E-state index is 0.351. The molecule has 76 valence electrons. The van der Waals surface area contributed by atoms with E-state index in [1.807, 2.05) is 0 Å². The Bertz CT molecular complexity index is 313. The largest absolute Gasteiger partial charge is 0.330 e. The number of hydrogen-bond acceptors (Lipinski definition) is 1. The summed E-state index contributed by atoms with van der Waals surface area (Å²) < 4.78 is 0. The van der Waals surface area contributed by atoms with Gasteiger partial charge in [0.15, 0.2) is 0 Å². The zero-order valence-corrected chi connectivity index (χ0v) is 8.92. The quantitative estimate of drug-likeness (QED) is 0.774. The van der Waals surface area contributed by atoms with Crippen LogP contribution in [0.4, 0.5) is 0 Å². The summed E-state index contributed by atoms with van der Waals surface area (Å²) in [6.07, 6.45) is 4.96. The Balaban J connectivity index is 2.22. The number of aryl methyl sites for hydroxylation is 1. The van der Waals surface area contributed by atoms with E-state index in [4.69, 9.17) is 5.73 Å². The van der Waals surface area contributed by atoms with Gasteiger partial charge >= 0.3 is 0 Å². The normalized spacial score (nSPS) is 18.1. The van der Waals surface area contributed by atoms with Gasteiger partial charge < -0.3 is 5.73 Å². The topological polar surface area (TPSA) is 26.0 Å². The molecule has 1 aliphatic rings. The van der Waals surface area contributed by atoms with Crippen molar-refractivity contribution in [3.05, 3.63) is 35.4 Å². The van der Waals surface area contributed by atoms with E-state index < -0.39 is 0 Å². The molecule has 0 radical (unpaired) electrons. The molecule has 1 heteroatoms. The minimum Gasteiger partial charge on any atom is -0.330 e. The Hall–Kier alpha value is -0.820. The third-order valence-corrected chi connectivity index (χ3v) is 3.32. The van der Waals surface area contributed by atoms with E-state index in [2.05, 4.69) is 31.2 Å². The van der Waals surface area contributed by atoms with Crippen LogP contribution in [-0.2, 0) is 11.8 Å². The van der Waals surface area contributed by atoms with Crippen molar-refractivity contribution in [3.8, 4) is 0 Å². The summed E-state index contributed by atoms with van der Waals surface area (Å²) >= 11 is 0. The molecular formula is C13H19N. The average Bonchev–Trinajstić information content (AvgIpc) is 2.99. The Morgan fingerprint density at radius 3 is 2.71 bits per heavy atom. The summed E-state index contributed by atoms with van der Waals surface area (Å²) in [5, 5.41) is 0. The lowest BCUT2D eigenvalue weighted by molar-refractivity contribution is 0.702. The van der Waals surface area contributed by atoms with Crippen LogP contribution in [0.25, 0.3) is 0 Å². The number of nitrogens with two attached hydrogens (primary N) is 1. The Labute approximate surface area is 86.3 Å². The van der Waals surface area contributed by atoms with Gasteiger partial charge in [-0.15, -0.1) is 0 Å². The van der Waals surface area contributed by atoms with Crippen LogP contribution in [0, 0.1) is 0 Å². The molecule has 0 amide bonds. The van der Waals surface area contributed by atoms with Crippen LogP contribution in [0.5, 0.6) is 0 Å². The van der Waals surface area contributed by atoms with Crippen LogP contribution in [0.3, 0.4) is 0 Å². The molecule has 0 unspecified atom stereocenters. The first-order chi connectivity index (χ1) is 6.80. The van der Waals surface area contributed by atoms with Crippen molar-refractivity contribution < 1.29 is 0 Å². The third kappa shape index (κ3) is 1.69. The van der Waals surface area contributed by atoms with Gasteiger partial charge in [-0.3, -0.25) is 0 Å². The molecule has 14 heavy (non-hydrogen) atoms. The maximum absolute atomic E-state index is 5.82. The SMILES string of the molecule is CCCc1cccc(C2(CN)CC2)c1. The molecule has 0 bridgehead atoms. The first-order valence-electron chi connectivity index (χ1n) is 5.60. The van der Waals surface area contributed by atoms with Crippen LogP contribution in [-0.4, -0.2) is 6.54 Å². The molecule has 1 aromatic carbocycles. The maximum atomic E-state index is 5.82. The Morgan fingerprint density at radius 2 is 2.14 bits per heavy atom. The molecule has 2 N–H and O–H groups in total. The predicted molar refractivity (Wildman–Crippen MR) is 60.4 cm³/mol. The molecule has 1 aromatic rings. The molecule has 0 spiro atoms. The highest BCUT2D eigenvalue weighted by Gasteiger charge is 2.42. The summed E-state index contributed by atoms with van der Waals surface area (Å²) in [5.41, 5.74) is 9.10. The molecule has 0 aromatic heterocycles. The van der Waals surface area contributed by atoms with Crippen LogP contribution >= 0.6 is 0 Å². The Kier molecular flexibility index (Phi) is 2.60. The molecule has 0 atom stereocenters. The third-order valence-electron chi connectivity index (χ3n) is 3.32. The molecule has 1 nitrogen and oxygen atoms in total. The molecule has 0 aliphatic heterocycles. The standard InChI is InChI=1S/C13H19N/c1-2-4-11-5-3-6-12(9-11)13(10-14)7-8-13/h3,5-6,9H,2,4,7-8,10,14H2,1H3. The van der Waals surface area contributed by atoms with Gasteiger partial charge in [0.05, 0.1) is 0 Å². The van der Waals surface area contributed by atoms with Crippen molar-refractivity contribution >= 4 is 0 Å². The highest BCUT2D eigenvalue weighted by molar-refractivity contribution is 5.35. The first kappa shape index (κ1) is 9.72. The predicted octanol–water partition coefficient (Wildman–Crippen LogP) is 2.63. The van der Waals surface area contributed by atoms with Crippen molar-refractivity contribution in [1.29, 1.82) is 0 Å². The second kappa shape index (κ2) is 3.74. The summed E-state index contributed by atoms with van der Waals surface area (Å²) in [5.74, 6) is 0. The molecule has 2 rings (SSSR count). The van der Waals surface area contributed by atoms with E-state index in [0.29, 0.717) is 5.41 Å². The fraction of sp³-hybridized carbons (Fsp3) is 0.538. The van der Waals surface area contributed by atoms with E-state index in [0.717, 1.165) is 6.54 Å². The second-order valence-corrected chi connectivity index (χ2v) is 4.43. The molecule has 1 aliphatic carbocycles. The Morgan fingerprint density at radius 1 is 1.36 bits per heavy atom. The van der Waals surface area contributed by atoms with Crippen LogP contribution in [0.15, 0.2) is 24.3 Å². The molecule has 1 saturated carbocycles. The van der Waals surface area contributed by atoms with E-state index in [-0.39, 0.29) is 0 Å². The highest BCUT2D eigenvalue weighted by Crippen LogP contribution is 2.47. The van der Waals surface area contributed by atoms with Crippen LogP contribution in [0.2, 0.25) is 0 Å². The van der Waals surface area contributed by atoms with E-state index in [1.54, 1.807) is 0 Å². The van der Waals surface area contributed by atoms with Gasteiger partial charge in [0.25, 0.3) is 0 Å². The fourth-order valence-electron chi connectivity index (χ4n) is 2.11. The average molecular weight is 189 g/mol. The van der Waals surface area contributed by atoms with Gasteiger partial charge in [-0.05, 0) is 30.4 Å². The summed E-state index contributed by atoms with van der Waals surface area (Å²) in [7, 11) is 0. The zero-order valence-electron chi connectivity index (χ0n) is 8.92. The van der Waals surface area contributed by atoms with E-state index in [1.165, 1.54) is 36.8 Å². The van der Waals surface area contributed by atoms with E-state index in [9.17, 15) is 0 Å². The van der Waals surface area contributed by atoms with Crippen molar-refractivity contribution in [2.75, 3.05) is 6.54 Å². The van der Waals surface area contributed by atoms with Gasteiger partial charge in [0, 0.05) is 12.0 Å². The van der Waals surface area contributed by atoms with Crippen molar-refractivity contribution in [3.63, 3.8) is 0 Å². The van der Waals surface area contributed by atoms with Crippen molar-refractivity contribution in [1.82, 2.24) is 0 Å². The lowest BCUT2D eigenvalue weighted by Crippen LogP contribution is -2.19. The smallest absolute Gasteiger partial charge is 0.00763 e. The van der Waals surface area contributed by atoms with Crippen LogP contribution < -0.4 is 5.73 Å². The monoisotopic (exact) mass is 189 g/mol. The van der Waals surface area contributed by atoms with Gasteiger partial charge in [0.1, 0.15) is 0 Å². The maximum Gasteiger partial charge on any atom is 0.00763 e. The lowest BCUT2D eigenvalue weighted by atomic mass is 9.94. The summed E-state index contributed by atoms with van der Waals surface area (Å²) in [4.78, 5) is 0. The summed E-state index contributed by atoms with van der Waals surface area (Å²) in [6.45, 7) is 3.03. The molecule has 0 heterocycles. The van der Waals surface area contributed by atoms with Gasteiger partial charge in [0.2, 0.25) is 0 Å². The second-order valence-electron chi connectivity index (χ2n) is 4.43. The van der Waals surface area contributed by atoms with Crippen molar-refractivity contribution in [2.45, 2.75) is 38.0 Å². The number of hydrogen-bond donors (Lipinski definition) is 1. The fourth-order valence-corrected chi connectivity index (χ4v) is 2.11. The van der Waals surface area contributed by atoms with E-state index >= 15 is 0 Å². The highest BCUT2D eigenvalue weighted by atomic mass is 14.7. The van der Waals surface area contributed by atoms with Crippen molar-refractivity contribution in [2.24, 2.45) is 5.73 Å². The lowest BCUT2D eigenvalue weighted by Gasteiger charge is -2.13. The first-order valence-corrected chi connectivity index (χ1v) is 5.60. The van der Waals surface area contributed by atoms with Gasteiger partial charge in [-0.25, -0.2) is 0 Å². The molecule has 0 saturated heterocycles. The van der Waals surface area contributed by atoms with Gasteiger partial charge in [-0.1, -0.05) is 37.6 Å². The summed E-state index contributed by atoms with van der Waals surface area (Å²) in [6, 6.07) is 8.98. The molecular weight excluding hydrogens is 170 g/mol. The minimum absolute atomic E-state index is 0.351. The number of benzene rings is 1. The zero-order chi connectivity index (χ0) is 10.0. The van der Waals surface area contributed by atoms with Crippen LogP contribution in [0.1, 0.15) is 37.3 Å². The molecule has 1 fully saturated rings.